The fourth-order valence-corrected chi connectivity index (χ4v) is 6.49. The summed E-state index contributed by atoms with van der Waals surface area (Å²) in [5.41, 5.74) is 6.74. The summed E-state index contributed by atoms with van der Waals surface area (Å²) < 4.78 is 11.3. The molecule has 0 amide bonds. The van der Waals surface area contributed by atoms with Crippen molar-refractivity contribution in [2.75, 3.05) is 20.8 Å². The van der Waals surface area contributed by atoms with Crippen LogP contribution in [0.5, 0.6) is 11.8 Å². The van der Waals surface area contributed by atoms with Gasteiger partial charge in [0.2, 0.25) is 11.8 Å². The topological polar surface area (TPSA) is 106 Å². The molecule has 0 saturated carbocycles. The largest absolute Gasteiger partial charge is 0.480 e. The van der Waals surface area contributed by atoms with Crippen LogP contribution in [0.1, 0.15) is 57.3 Å². The third-order valence-corrected chi connectivity index (χ3v) is 9.24. The zero-order chi connectivity index (χ0) is 33.3. The molecule has 0 bridgehead atoms. The molecule has 2 atom stereocenters. The van der Waals surface area contributed by atoms with E-state index in [0.29, 0.717) is 58.4 Å². The summed E-state index contributed by atoms with van der Waals surface area (Å²) in [4.78, 5) is 18.9. The molecule has 1 fully saturated rings. The molecule has 0 radical (unpaired) electrons. The number of nitrogens with one attached hydrogen (secondary N) is 3. The Morgan fingerprint density at radius 2 is 1.43 bits per heavy atom. The number of benzene rings is 2. The Kier molecular flexibility index (Phi) is 12.0. The molecule has 9 nitrogen and oxygen atoms in total. The Bertz CT molecular complexity index is 1700. The predicted molar refractivity (Wildman–Crippen MR) is 190 cm³/mol. The highest BCUT2D eigenvalue weighted by Gasteiger charge is 2.20. The van der Waals surface area contributed by atoms with Gasteiger partial charge in [-0.3, -0.25) is 9.97 Å². The summed E-state index contributed by atoms with van der Waals surface area (Å²) in [6.45, 7) is 10.3. The van der Waals surface area contributed by atoms with E-state index in [9.17, 15) is 0 Å². The van der Waals surface area contributed by atoms with E-state index in [1.807, 2.05) is 36.4 Å². The number of aromatic nitrogens is 4. The first-order valence-corrected chi connectivity index (χ1v) is 16.9. The highest BCUT2D eigenvalue weighted by Crippen LogP contribution is 2.42. The molecule has 11 heteroatoms. The van der Waals surface area contributed by atoms with Crippen LogP contribution in [0.2, 0.25) is 10.0 Å². The van der Waals surface area contributed by atoms with Crippen molar-refractivity contribution in [3.05, 3.63) is 82.5 Å². The summed E-state index contributed by atoms with van der Waals surface area (Å²) in [6, 6.07) is 12.4. The van der Waals surface area contributed by atoms with Crippen LogP contribution in [0.4, 0.5) is 0 Å². The maximum atomic E-state index is 7.07. The quantitative estimate of drug-likeness (QED) is 0.117. The number of nitrogens with zero attached hydrogens (tertiary/aromatic N) is 4. The second-order valence-electron chi connectivity index (χ2n) is 11.6. The lowest BCUT2D eigenvalue weighted by molar-refractivity contribution is 0.382. The van der Waals surface area contributed by atoms with Crippen LogP contribution in [-0.4, -0.2) is 52.8 Å². The van der Waals surface area contributed by atoms with E-state index in [0.717, 1.165) is 78.0 Å². The van der Waals surface area contributed by atoms with Gasteiger partial charge >= 0.3 is 0 Å². The van der Waals surface area contributed by atoms with Crippen LogP contribution in [0.25, 0.3) is 33.6 Å². The standard InChI is InChI=1S/C36H43Cl2N7O2/c1-6-10-23(7-2)40-21-32-36(47-5)45-30(20-42-32)28-14-9-12-26(34(28)38)25-11-8-13-27(33(25)37)29-19-41-31(35(44-29)46-4)18-39-17-24-16-15-22(3)43-24/h8-9,11-14,19-20,23-24,39-40,43H,3,6-7,10,15-18,21H2,1-2,4-5H3/t23-,24+/m1/s1. The SMILES string of the molecule is C=C1CC[C@@H](CNCc2ncc(-c3cccc(-c4cccc(-c5cnc(CN[C@H](CC)CCC)c(OC)n5)c4Cl)c3Cl)nc2OC)N1. The monoisotopic (exact) mass is 675 g/mol. The van der Waals surface area contributed by atoms with Crippen molar-refractivity contribution in [3.63, 3.8) is 0 Å². The van der Waals surface area contributed by atoms with Crippen LogP contribution < -0.4 is 25.4 Å². The molecule has 248 valence electrons. The number of allylic oxidation sites excluding steroid dienone is 1. The first-order valence-electron chi connectivity index (χ1n) is 16.1. The van der Waals surface area contributed by atoms with Crippen LogP contribution >= 0.6 is 23.2 Å². The van der Waals surface area contributed by atoms with E-state index < -0.39 is 0 Å². The van der Waals surface area contributed by atoms with Crippen molar-refractivity contribution >= 4 is 23.2 Å². The third kappa shape index (κ3) is 8.22. The molecule has 3 N–H and O–H groups in total. The summed E-state index contributed by atoms with van der Waals surface area (Å²) in [5, 5.41) is 11.4. The van der Waals surface area contributed by atoms with Gasteiger partial charge in [0, 0.05) is 59.7 Å². The molecule has 2 aromatic carbocycles. The molecule has 3 heterocycles. The highest BCUT2D eigenvalue weighted by atomic mass is 35.5. The average molecular weight is 677 g/mol. The summed E-state index contributed by atoms with van der Waals surface area (Å²) in [5.74, 6) is 0.914. The minimum absolute atomic E-state index is 0.368. The van der Waals surface area contributed by atoms with Crippen LogP contribution in [-0.2, 0) is 13.1 Å². The molecule has 47 heavy (non-hydrogen) atoms. The Hall–Kier alpha value is -3.76. The van der Waals surface area contributed by atoms with E-state index in [4.69, 9.17) is 47.6 Å². The van der Waals surface area contributed by atoms with Gasteiger partial charge in [0.05, 0.1) is 48.0 Å². The van der Waals surface area contributed by atoms with Crippen molar-refractivity contribution < 1.29 is 9.47 Å². The minimum atomic E-state index is 0.368. The van der Waals surface area contributed by atoms with Gasteiger partial charge < -0.3 is 25.4 Å². The second-order valence-corrected chi connectivity index (χ2v) is 12.4. The minimum Gasteiger partial charge on any atom is -0.480 e. The fourth-order valence-electron chi connectivity index (χ4n) is 5.84. The van der Waals surface area contributed by atoms with Gasteiger partial charge in [-0.1, -0.05) is 86.4 Å². The Morgan fingerprint density at radius 1 is 0.872 bits per heavy atom. The van der Waals surface area contributed by atoms with Crippen LogP contribution in [0, 0.1) is 0 Å². The Labute approximate surface area is 287 Å². The molecule has 5 rings (SSSR count). The van der Waals surface area contributed by atoms with E-state index in [1.165, 1.54) is 0 Å². The van der Waals surface area contributed by atoms with Crippen molar-refractivity contribution in [1.29, 1.82) is 0 Å². The Balaban J connectivity index is 1.38. The first-order chi connectivity index (χ1) is 22.9. The van der Waals surface area contributed by atoms with Gasteiger partial charge in [0.25, 0.3) is 0 Å². The fraction of sp³-hybridized carbons (Fsp3) is 0.389. The van der Waals surface area contributed by atoms with E-state index in [-0.39, 0.29) is 0 Å². The van der Waals surface area contributed by atoms with Gasteiger partial charge in [-0.05, 0) is 25.7 Å². The maximum Gasteiger partial charge on any atom is 0.237 e. The lowest BCUT2D eigenvalue weighted by Gasteiger charge is -2.17. The molecule has 2 aromatic heterocycles. The lowest BCUT2D eigenvalue weighted by atomic mass is 9.98. The Morgan fingerprint density at radius 3 is 1.91 bits per heavy atom. The average Bonchev–Trinajstić information content (AvgIpc) is 3.51. The van der Waals surface area contributed by atoms with E-state index >= 15 is 0 Å². The highest BCUT2D eigenvalue weighted by molar-refractivity contribution is 6.39. The zero-order valence-corrected chi connectivity index (χ0v) is 29.0. The van der Waals surface area contributed by atoms with E-state index in [1.54, 1.807) is 26.6 Å². The molecule has 1 aliphatic heterocycles. The second kappa shape index (κ2) is 16.4. The van der Waals surface area contributed by atoms with Crippen LogP contribution in [0.3, 0.4) is 0 Å². The molecule has 4 aromatic rings. The van der Waals surface area contributed by atoms with Crippen molar-refractivity contribution in [2.24, 2.45) is 0 Å². The summed E-state index contributed by atoms with van der Waals surface area (Å²) >= 11 is 14.1. The maximum absolute atomic E-state index is 7.07. The molecule has 0 aliphatic carbocycles. The number of ether oxygens (including phenoxy) is 2. The van der Waals surface area contributed by atoms with Crippen molar-refractivity contribution in [3.8, 4) is 45.4 Å². The zero-order valence-electron chi connectivity index (χ0n) is 27.5. The molecule has 0 unspecified atom stereocenters. The molecule has 1 aliphatic rings. The summed E-state index contributed by atoms with van der Waals surface area (Å²) in [7, 11) is 3.20. The predicted octanol–water partition coefficient (Wildman–Crippen LogP) is 7.62. The van der Waals surface area contributed by atoms with Gasteiger partial charge in [-0.25, -0.2) is 9.97 Å². The smallest absolute Gasteiger partial charge is 0.237 e. The molecule has 1 saturated heterocycles. The van der Waals surface area contributed by atoms with Crippen molar-refractivity contribution in [2.45, 2.75) is 71.1 Å². The molecule has 0 spiro atoms. The lowest BCUT2D eigenvalue weighted by Crippen LogP contribution is -2.33. The van der Waals surface area contributed by atoms with Gasteiger partial charge in [0.1, 0.15) is 11.4 Å². The molecular formula is C36H43Cl2N7O2. The van der Waals surface area contributed by atoms with Gasteiger partial charge in [0.15, 0.2) is 0 Å². The summed E-state index contributed by atoms with van der Waals surface area (Å²) in [6.07, 6.45) is 8.81. The van der Waals surface area contributed by atoms with Crippen LogP contribution in [0.15, 0.2) is 61.1 Å². The number of hydrogen-bond donors (Lipinski definition) is 3. The van der Waals surface area contributed by atoms with Gasteiger partial charge in [-0.2, -0.15) is 0 Å². The number of hydrogen-bond acceptors (Lipinski definition) is 9. The number of rotatable bonds is 15. The van der Waals surface area contributed by atoms with E-state index in [2.05, 4.69) is 41.4 Å². The number of methoxy groups -OCH3 is 2. The normalized spacial score (nSPS) is 15.0. The third-order valence-electron chi connectivity index (χ3n) is 8.42. The molecular weight excluding hydrogens is 633 g/mol. The number of halogens is 2. The van der Waals surface area contributed by atoms with Crippen molar-refractivity contribution in [1.82, 2.24) is 35.9 Å². The van der Waals surface area contributed by atoms with Gasteiger partial charge in [-0.15, -0.1) is 0 Å². The first kappa shape index (κ1) is 34.6.